The first-order chi connectivity index (χ1) is 8.66. The lowest BCUT2D eigenvalue weighted by Gasteiger charge is -2.01. The van der Waals surface area contributed by atoms with E-state index in [2.05, 4.69) is 39.8 Å². The van der Waals surface area contributed by atoms with E-state index in [9.17, 15) is 4.79 Å². The first kappa shape index (κ1) is 20.2. The SMILES string of the molecule is CC(=O)[C@@H](O)CC=C(C)C.CC(C)=CCC=C(C)C. The molecule has 0 aromatic rings. The first-order valence-corrected chi connectivity index (χ1v) is 6.75. The predicted octanol–water partition coefficient (Wildman–Crippen LogP) is 4.60. The lowest BCUT2D eigenvalue weighted by molar-refractivity contribution is -0.124. The van der Waals surface area contributed by atoms with E-state index in [1.807, 2.05) is 19.9 Å². The second-order valence-corrected chi connectivity index (χ2v) is 5.44. The van der Waals surface area contributed by atoms with E-state index in [0.29, 0.717) is 6.42 Å². The van der Waals surface area contributed by atoms with E-state index in [-0.39, 0.29) is 5.78 Å². The van der Waals surface area contributed by atoms with Gasteiger partial charge in [-0.1, -0.05) is 34.9 Å². The van der Waals surface area contributed by atoms with Crippen molar-refractivity contribution in [1.29, 1.82) is 0 Å². The quantitative estimate of drug-likeness (QED) is 0.738. The topological polar surface area (TPSA) is 37.3 Å². The standard InChI is InChI=1S/C9H16.C8H14O2/c1-8(2)6-5-7-9(3)4;1-6(2)4-5-8(10)7(3)9/h6-7H,5H2,1-4H3;4,8,10H,5H2,1-3H3/t;8-/m.0/s1. The summed E-state index contributed by atoms with van der Waals surface area (Å²) in [5, 5.41) is 8.98. The molecule has 0 rings (SSSR count). The molecule has 1 N–H and O–H groups in total. The number of carbonyl (C=O) groups is 1. The Hall–Kier alpha value is -1.15. The smallest absolute Gasteiger partial charge is 0.158 e. The summed E-state index contributed by atoms with van der Waals surface area (Å²) in [5.41, 5.74) is 3.92. The highest BCUT2D eigenvalue weighted by molar-refractivity contribution is 5.80. The van der Waals surface area contributed by atoms with Gasteiger partial charge in [-0.15, -0.1) is 0 Å². The number of aliphatic hydroxyl groups is 1. The molecule has 0 heterocycles. The molecule has 2 nitrogen and oxygen atoms in total. The molecular formula is C17H30O2. The maximum absolute atomic E-state index is 10.5. The Morgan fingerprint density at radius 1 is 0.842 bits per heavy atom. The van der Waals surface area contributed by atoms with Crippen LogP contribution in [-0.4, -0.2) is 17.0 Å². The summed E-state index contributed by atoms with van der Waals surface area (Å²) in [6, 6.07) is 0. The van der Waals surface area contributed by atoms with Gasteiger partial charge in [-0.05, 0) is 61.3 Å². The molecule has 0 radical (unpaired) electrons. The van der Waals surface area contributed by atoms with Crippen LogP contribution in [0.5, 0.6) is 0 Å². The molecule has 0 saturated carbocycles. The second-order valence-electron chi connectivity index (χ2n) is 5.44. The third-order valence-electron chi connectivity index (χ3n) is 2.27. The van der Waals surface area contributed by atoms with E-state index in [1.54, 1.807) is 0 Å². The van der Waals surface area contributed by atoms with Crippen LogP contribution in [0.4, 0.5) is 0 Å². The number of hydrogen-bond acceptors (Lipinski definition) is 2. The number of aliphatic hydroxyl groups excluding tert-OH is 1. The fraction of sp³-hybridized carbons (Fsp3) is 0.588. The molecule has 110 valence electrons. The van der Waals surface area contributed by atoms with Crippen molar-refractivity contribution in [3.05, 3.63) is 34.9 Å². The Balaban J connectivity index is 0. The lowest BCUT2D eigenvalue weighted by atomic mass is 10.1. The summed E-state index contributed by atoms with van der Waals surface area (Å²) in [5.74, 6) is -0.169. The minimum absolute atomic E-state index is 0.169. The third kappa shape index (κ3) is 19.4. The van der Waals surface area contributed by atoms with Crippen molar-refractivity contribution in [3.8, 4) is 0 Å². The number of allylic oxidation sites excluding steroid dienone is 5. The van der Waals surface area contributed by atoms with Gasteiger partial charge in [0.05, 0.1) is 0 Å². The highest BCUT2D eigenvalue weighted by Crippen LogP contribution is 1.98. The lowest BCUT2D eigenvalue weighted by Crippen LogP contribution is -2.15. The summed E-state index contributed by atoms with van der Waals surface area (Å²) < 4.78 is 0. The molecule has 0 fully saturated rings. The van der Waals surface area contributed by atoms with Crippen LogP contribution in [0.1, 0.15) is 61.3 Å². The minimum Gasteiger partial charge on any atom is -0.385 e. The number of Topliss-reactive ketones (excluding diaryl/α,β-unsaturated/α-hetero) is 1. The van der Waals surface area contributed by atoms with Crippen LogP contribution in [0.3, 0.4) is 0 Å². The fourth-order valence-corrected chi connectivity index (χ4v) is 1.04. The van der Waals surface area contributed by atoms with Crippen molar-refractivity contribution in [3.63, 3.8) is 0 Å². The van der Waals surface area contributed by atoms with E-state index in [1.165, 1.54) is 18.1 Å². The summed E-state index contributed by atoms with van der Waals surface area (Å²) in [4.78, 5) is 10.5. The van der Waals surface area contributed by atoms with Crippen LogP contribution in [0.2, 0.25) is 0 Å². The molecule has 0 unspecified atom stereocenters. The van der Waals surface area contributed by atoms with E-state index < -0.39 is 6.10 Å². The molecule has 0 aromatic carbocycles. The Morgan fingerprint density at radius 3 is 1.47 bits per heavy atom. The van der Waals surface area contributed by atoms with Crippen LogP contribution in [0.25, 0.3) is 0 Å². The number of rotatable bonds is 5. The van der Waals surface area contributed by atoms with Crippen molar-refractivity contribution in [1.82, 2.24) is 0 Å². The van der Waals surface area contributed by atoms with Crippen molar-refractivity contribution in [2.24, 2.45) is 0 Å². The highest BCUT2D eigenvalue weighted by atomic mass is 16.3. The molecule has 0 aliphatic heterocycles. The monoisotopic (exact) mass is 266 g/mol. The van der Waals surface area contributed by atoms with Crippen molar-refractivity contribution >= 4 is 5.78 Å². The molecule has 0 saturated heterocycles. The largest absolute Gasteiger partial charge is 0.385 e. The van der Waals surface area contributed by atoms with Gasteiger partial charge in [-0.3, -0.25) is 4.79 Å². The highest BCUT2D eigenvalue weighted by Gasteiger charge is 2.05. The summed E-state index contributed by atoms with van der Waals surface area (Å²) in [6.07, 6.45) is 7.03. The van der Waals surface area contributed by atoms with Crippen molar-refractivity contribution in [2.75, 3.05) is 0 Å². The molecular weight excluding hydrogens is 236 g/mol. The molecule has 0 aromatic heterocycles. The summed E-state index contributed by atoms with van der Waals surface area (Å²) in [6.45, 7) is 13.8. The van der Waals surface area contributed by atoms with Gasteiger partial charge in [0.2, 0.25) is 0 Å². The average molecular weight is 266 g/mol. The van der Waals surface area contributed by atoms with E-state index in [0.717, 1.165) is 12.0 Å². The number of carbonyl (C=O) groups excluding carboxylic acids is 1. The third-order valence-corrected chi connectivity index (χ3v) is 2.27. The molecule has 1 atom stereocenters. The maximum Gasteiger partial charge on any atom is 0.158 e. The molecule has 2 heteroatoms. The molecule has 0 amide bonds. The van der Waals surface area contributed by atoms with Crippen LogP contribution in [0, 0.1) is 0 Å². The molecule has 0 aliphatic rings. The van der Waals surface area contributed by atoms with Crippen LogP contribution in [-0.2, 0) is 4.79 Å². The zero-order valence-electron chi connectivity index (χ0n) is 13.6. The fourth-order valence-electron chi connectivity index (χ4n) is 1.04. The molecule has 19 heavy (non-hydrogen) atoms. The van der Waals surface area contributed by atoms with Crippen molar-refractivity contribution in [2.45, 2.75) is 67.4 Å². The Morgan fingerprint density at radius 2 is 1.21 bits per heavy atom. The average Bonchev–Trinajstić information content (AvgIpc) is 2.25. The van der Waals surface area contributed by atoms with Crippen LogP contribution in [0.15, 0.2) is 34.9 Å². The Bertz CT molecular complexity index is 318. The molecule has 0 aliphatic carbocycles. The van der Waals surface area contributed by atoms with Crippen LogP contribution < -0.4 is 0 Å². The predicted molar refractivity (Wildman–Crippen MR) is 84.2 cm³/mol. The van der Waals surface area contributed by atoms with E-state index >= 15 is 0 Å². The van der Waals surface area contributed by atoms with Crippen LogP contribution >= 0.6 is 0 Å². The zero-order valence-corrected chi connectivity index (χ0v) is 13.6. The molecule has 0 spiro atoms. The van der Waals surface area contributed by atoms with Gasteiger partial charge in [-0.25, -0.2) is 0 Å². The van der Waals surface area contributed by atoms with Gasteiger partial charge in [-0.2, -0.15) is 0 Å². The summed E-state index contributed by atoms with van der Waals surface area (Å²) in [7, 11) is 0. The Kier molecular flexibility index (Phi) is 12.6. The normalized spacial score (nSPS) is 10.5. The molecule has 0 bridgehead atoms. The Labute approximate surface area is 118 Å². The first-order valence-electron chi connectivity index (χ1n) is 6.75. The second kappa shape index (κ2) is 11.9. The maximum atomic E-state index is 10.5. The summed E-state index contributed by atoms with van der Waals surface area (Å²) >= 11 is 0. The van der Waals surface area contributed by atoms with Gasteiger partial charge in [0.25, 0.3) is 0 Å². The van der Waals surface area contributed by atoms with Gasteiger partial charge < -0.3 is 5.11 Å². The minimum atomic E-state index is -0.810. The number of ketones is 1. The zero-order chi connectivity index (χ0) is 15.4. The number of hydrogen-bond donors (Lipinski definition) is 1. The van der Waals surface area contributed by atoms with Gasteiger partial charge in [0.1, 0.15) is 6.10 Å². The van der Waals surface area contributed by atoms with Gasteiger partial charge in [0.15, 0.2) is 5.78 Å². The van der Waals surface area contributed by atoms with Gasteiger partial charge >= 0.3 is 0 Å². The van der Waals surface area contributed by atoms with Gasteiger partial charge in [0, 0.05) is 0 Å². The van der Waals surface area contributed by atoms with E-state index in [4.69, 9.17) is 5.11 Å². The van der Waals surface area contributed by atoms with Crippen molar-refractivity contribution < 1.29 is 9.90 Å².